The first-order valence-electron chi connectivity index (χ1n) is 9.48. The van der Waals surface area contributed by atoms with E-state index in [1.54, 1.807) is 26.2 Å². The number of nitrogens with one attached hydrogen (secondary N) is 1. The van der Waals surface area contributed by atoms with Crippen molar-refractivity contribution < 1.29 is 27.8 Å². The predicted octanol–water partition coefficient (Wildman–Crippen LogP) is 3.34. The number of ether oxygens (including phenoxy) is 3. The number of hydrogen-bond acceptors (Lipinski definition) is 5. The summed E-state index contributed by atoms with van der Waals surface area (Å²) in [4.78, 5) is 16.2. The molecule has 1 saturated heterocycles. The zero-order valence-corrected chi connectivity index (χ0v) is 17.2. The van der Waals surface area contributed by atoms with Crippen molar-refractivity contribution in [2.75, 3.05) is 52.8 Å². The van der Waals surface area contributed by atoms with Crippen LogP contribution in [0, 0.1) is 11.6 Å². The summed E-state index contributed by atoms with van der Waals surface area (Å²) in [5.41, 5.74) is 0.903. The van der Waals surface area contributed by atoms with Crippen molar-refractivity contribution in [1.82, 2.24) is 9.80 Å². The molecular weight excluding hydrogens is 396 g/mol. The van der Waals surface area contributed by atoms with E-state index in [1.165, 1.54) is 6.07 Å². The van der Waals surface area contributed by atoms with Crippen molar-refractivity contribution in [3.8, 4) is 17.2 Å². The molecule has 2 amide bonds. The Labute approximate surface area is 174 Å². The minimum atomic E-state index is -0.803. The molecule has 0 spiro atoms. The van der Waals surface area contributed by atoms with Gasteiger partial charge in [-0.05, 0) is 18.2 Å². The minimum Gasteiger partial charge on any atom is -0.493 e. The molecule has 1 aliphatic heterocycles. The smallest absolute Gasteiger partial charge is 0.322 e. The first-order valence-corrected chi connectivity index (χ1v) is 9.48. The molecule has 1 heterocycles. The van der Waals surface area contributed by atoms with Gasteiger partial charge in [0.15, 0.2) is 11.5 Å². The maximum atomic E-state index is 13.8. The monoisotopic (exact) mass is 421 g/mol. The zero-order valence-electron chi connectivity index (χ0n) is 17.2. The average molecular weight is 421 g/mol. The molecule has 0 radical (unpaired) electrons. The highest BCUT2D eigenvalue weighted by molar-refractivity contribution is 5.89. The molecule has 0 unspecified atom stereocenters. The Bertz CT molecular complexity index is 902. The Hall–Kier alpha value is -3.07. The summed E-state index contributed by atoms with van der Waals surface area (Å²) in [6, 6.07) is 6.40. The number of anilines is 1. The summed E-state index contributed by atoms with van der Waals surface area (Å²) in [5, 5.41) is 2.49. The quantitative estimate of drug-likeness (QED) is 0.775. The van der Waals surface area contributed by atoms with Gasteiger partial charge in [0.1, 0.15) is 11.6 Å². The van der Waals surface area contributed by atoms with Gasteiger partial charge in [0, 0.05) is 44.4 Å². The number of rotatable bonds is 6. The molecule has 30 heavy (non-hydrogen) atoms. The van der Waals surface area contributed by atoms with E-state index < -0.39 is 17.7 Å². The standard InChI is InChI=1S/C21H25F2N3O4/c1-28-18-7-4-14(19(29-2)20(18)30-3)13-25-8-10-26(11-9-25)21(27)24-17-6-5-15(22)12-16(17)23/h4-7,12H,8-11,13H2,1-3H3,(H,24,27). The third-order valence-electron chi connectivity index (χ3n) is 5.01. The lowest BCUT2D eigenvalue weighted by Gasteiger charge is -2.35. The molecule has 0 saturated carbocycles. The minimum absolute atomic E-state index is 0.0427. The number of carbonyl (C=O) groups is 1. The molecule has 9 heteroatoms. The van der Waals surface area contributed by atoms with Gasteiger partial charge in [-0.3, -0.25) is 4.90 Å². The van der Waals surface area contributed by atoms with Crippen LogP contribution in [0.2, 0.25) is 0 Å². The van der Waals surface area contributed by atoms with E-state index in [2.05, 4.69) is 10.2 Å². The second kappa shape index (κ2) is 9.62. The Balaban J connectivity index is 1.60. The number of amides is 2. The Kier molecular flexibility index (Phi) is 6.94. The lowest BCUT2D eigenvalue weighted by molar-refractivity contribution is 0.142. The summed E-state index contributed by atoms with van der Waals surface area (Å²) in [6.45, 7) is 2.84. The van der Waals surface area contributed by atoms with Crippen molar-refractivity contribution in [2.45, 2.75) is 6.54 Å². The second-order valence-corrected chi connectivity index (χ2v) is 6.81. The molecule has 0 aromatic heterocycles. The number of carbonyl (C=O) groups excluding carboxylic acids is 1. The van der Waals surface area contributed by atoms with Crippen molar-refractivity contribution in [1.29, 1.82) is 0 Å². The Morgan fingerprint density at radius 3 is 2.27 bits per heavy atom. The van der Waals surface area contributed by atoms with E-state index >= 15 is 0 Å². The van der Waals surface area contributed by atoms with Crippen LogP contribution in [0.1, 0.15) is 5.56 Å². The third kappa shape index (κ3) is 4.73. The van der Waals surface area contributed by atoms with Crippen molar-refractivity contribution in [3.05, 3.63) is 47.5 Å². The van der Waals surface area contributed by atoms with Gasteiger partial charge in [-0.2, -0.15) is 0 Å². The average Bonchev–Trinajstić information content (AvgIpc) is 2.75. The highest BCUT2D eigenvalue weighted by Gasteiger charge is 2.24. The summed E-state index contributed by atoms with van der Waals surface area (Å²) in [7, 11) is 4.71. The molecule has 0 atom stereocenters. The van der Waals surface area contributed by atoms with Crippen LogP contribution in [0.5, 0.6) is 17.2 Å². The number of urea groups is 1. The highest BCUT2D eigenvalue weighted by atomic mass is 19.1. The van der Waals surface area contributed by atoms with Crippen LogP contribution in [-0.4, -0.2) is 63.3 Å². The van der Waals surface area contributed by atoms with Gasteiger partial charge in [0.2, 0.25) is 5.75 Å². The topological polar surface area (TPSA) is 63.3 Å². The molecule has 0 bridgehead atoms. The van der Waals surface area contributed by atoms with Gasteiger partial charge in [-0.15, -0.1) is 0 Å². The predicted molar refractivity (Wildman–Crippen MR) is 108 cm³/mol. The van der Waals surface area contributed by atoms with E-state index in [0.717, 1.165) is 17.7 Å². The maximum Gasteiger partial charge on any atom is 0.322 e. The van der Waals surface area contributed by atoms with Crippen molar-refractivity contribution >= 4 is 11.7 Å². The molecule has 2 aromatic rings. The van der Waals surface area contributed by atoms with E-state index in [9.17, 15) is 13.6 Å². The van der Waals surface area contributed by atoms with Crippen LogP contribution < -0.4 is 19.5 Å². The number of piperazine rings is 1. The molecule has 1 N–H and O–H groups in total. The van der Waals surface area contributed by atoms with Gasteiger partial charge in [-0.1, -0.05) is 6.07 Å². The lowest BCUT2D eigenvalue weighted by atomic mass is 10.1. The van der Waals surface area contributed by atoms with Gasteiger partial charge >= 0.3 is 6.03 Å². The fourth-order valence-corrected chi connectivity index (χ4v) is 3.42. The number of hydrogen-bond donors (Lipinski definition) is 1. The molecule has 7 nitrogen and oxygen atoms in total. The van der Waals surface area contributed by atoms with Gasteiger partial charge in [-0.25, -0.2) is 13.6 Å². The summed E-state index contributed by atoms with van der Waals surface area (Å²) >= 11 is 0. The molecule has 2 aromatic carbocycles. The summed E-state index contributed by atoms with van der Waals surface area (Å²) < 4.78 is 43.0. The van der Waals surface area contributed by atoms with Crippen molar-refractivity contribution in [2.24, 2.45) is 0 Å². The molecule has 3 rings (SSSR count). The zero-order chi connectivity index (χ0) is 21.7. The van der Waals surface area contributed by atoms with Crippen LogP contribution >= 0.6 is 0 Å². The van der Waals surface area contributed by atoms with Crippen LogP contribution in [0.15, 0.2) is 30.3 Å². The molecule has 0 aliphatic carbocycles. The lowest BCUT2D eigenvalue weighted by Crippen LogP contribution is -2.49. The second-order valence-electron chi connectivity index (χ2n) is 6.81. The largest absolute Gasteiger partial charge is 0.493 e. The summed E-state index contributed by atoms with van der Waals surface area (Å²) in [6.07, 6.45) is 0. The normalized spacial score (nSPS) is 14.4. The molecular formula is C21H25F2N3O4. The van der Waals surface area contributed by atoms with Gasteiger partial charge < -0.3 is 24.4 Å². The first-order chi connectivity index (χ1) is 14.5. The molecule has 1 fully saturated rings. The SMILES string of the molecule is COc1ccc(CN2CCN(C(=O)Nc3ccc(F)cc3F)CC2)c(OC)c1OC. The van der Waals surface area contributed by atoms with Crippen LogP contribution in [0.25, 0.3) is 0 Å². The molecule has 1 aliphatic rings. The first kappa shape index (κ1) is 21.6. The number of nitrogens with zero attached hydrogens (tertiary/aromatic N) is 2. The Morgan fingerprint density at radius 2 is 1.67 bits per heavy atom. The molecule has 162 valence electrons. The Morgan fingerprint density at radius 1 is 0.967 bits per heavy atom. The highest BCUT2D eigenvalue weighted by Crippen LogP contribution is 2.40. The van der Waals surface area contributed by atoms with Crippen molar-refractivity contribution in [3.63, 3.8) is 0 Å². The van der Waals surface area contributed by atoms with Crippen LogP contribution in [0.4, 0.5) is 19.3 Å². The van der Waals surface area contributed by atoms with E-state index in [0.29, 0.717) is 50.0 Å². The summed E-state index contributed by atoms with van der Waals surface area (Å²) in [5.74, 6) is 0.250. The maximum absolute atomic E-state index is 13.8. The number of benzene rings is 2. The van der Waals surface area contributed by atoms with E-state index in [4.69, 9.17) is 14.2 Å². The van der Waals surface area contributed by atoms with Gasteiger partial charge in [0.25, 0.3) is 0 Å². The van der Waals surface area contributed by atoms with Crippen LogP contribution in [-0.2, 0) is 6.54 Å². The number of methoxy groups -OCH3 is 3. The number of halogens is 2. The van der Waals surface area contributed by atoms with Crippen LogP contribution in [0.3, 0.4) is 0 Å². The fourth-order valence-electron chi connectivity index (χ4n) is 3.42. The van der Waals surface area contributed by atoms with E-state index in [1.807, 2.05) is 12.1 Å². The third-order valence-corrected chi connectivity index (χ3v) is 5.01. The van der Waals surface area contributed by atoms with E-state index in [-0.39, 0.29) is 5.69 Å². The van der Waals surface area contributed by atoms with Gasteiger partial charge in [0.05, 0.1) is 27.0 Å². The fraction of sp³-hybridized carbons (Fsp3) is 0.381.